The number of hydrogen-bond acceptors (Lipinski definition) is 2. The number of likely N-dealkylation sites (N-methyl/N-ethyl adjacent to an activating group) is 1. The fourth-order valence-corrected chi connectivity index (χ4v) is 1.52. The molecule has 10 heavy (non-hydrogen) atoms. The largest absolute Gasteiger partial charge is 0 e. The van der Waals surface area contributed by atoms with Crippen LogP contribution in [-0.4, -0.2) is 64.5 Å². The van der Waals surface area contributed by atoms with Crippen molar-refractivity contribution in [3.05, 3.63) is 0 Å². The van der Waals surface area contributed by atoms with Crippen molar-refractivity contribution < 1.29 is 22.4 Å². The van der Waals surface area contributed by atoms with Gasteiger partial charge in [-0.3, -0.25) is 0 Å². The van der Waals surface area contributed by atoms with Crippen LogP contribution in [0.4, 0.5) is 0 Å². The Morgan fingerprint density at radius 3 is 2.10 bits per heavy atom. The molecule has 1 fully saturated rings. The average Bonchev–Trinajstić information content (AvgIpc) is 1.90. The second-order valence-electron chi connectivity index (χ2n) is 2.55. The zero-order valence-electron chi connectivity index (χ0n) is 6.14. The molecule has 0 atom stereocenters. The van der Waals surface area contributed by atoms with Crippen molar-refractivity contribution in [2.24, 2.45) is 0 Å². The van der Waals surface area contributed by atoms with E-state index in [1.165, 1.54) is 26.2 Å². The normalized spacial score (nSPS) is 22.2. The molecule has 1 rings (SSSR count). The van der Waals surface area contributed by atoms with E-state index in [0.717, 1.165) is 5.44 Å². The molecular weight excluding hydrogens is 376 g/mol. The molecule has 0 amide bonds. The van der Waals surface area contributed by atoms with Crippen LogP contribution in [-0.2, 0) is 22.4 Å². The number of nitrogens with zero attached hydrogens (tertiary/aromatic N) is 2. The van der Waals surface area contributed by atoms with Crippen molar-refractivity contribution in [3.8, 4) is 0 Å². The van der Waals surface area contributed by atoms with E-state index in [9.17, 15) is 0 Å². The predicted octanol–water partition coefficient (Wildman–Crippen LogP) is -0.643. The van der Waals surface area contributed by atoms with Gasteiger partial charge in [-0.25, -0.2) is 0 Å². The summed E-state index contributed by atoms with van der Waals surface area (Å²) in [6, 6.07) is 0. The Morgan fingerprint density at radius 1 is 1.20 bits per heavy atom. The van der Waals surface area contributed by atoms with Gasteiger partial charge in [0.15, 0.2) is 0 Å². The summed E-state index contributed by atoms with van der Waals surface area (Å²) in [7, 11) is 2.18. The van der Waals surface area contributed by atoms with Crippen LogP contribution < -0.4 is 0 Å². The van der Waals surface area contributed by atoms with Gasteiger partial charge in [0.2, 0.25) is 0 Å². The fourth-order valence-electron chi connectivity index (χ4n) is 0.977. The Bertz CT molecular complexity index is 83.8. The molecule has 0 bridgehead atoms. The second-order valence-corrected chi connectivity index (χ2v) is 3.09. The van der Waals surface area contributed by atoms with Crippen molar-refractivity contribution in [2.75, 3.05) is 38.7 Å². The third kappa shape index (κ3) is 3.54. The van der Waals surface area contributed by atoms with Crippen molar-refractivity contribution in [1.29, 1.82) is 0 Å². The molecule has 1 saturated heterocycles. The smallest absolute Gasteiger partial charge is 0 e. The van der Waals surface area contributed by atoms with Crippen LogP contribution in [0.25, 0.3) is 0 Å². The van der Waals surface area contributed by atoms with Crippen LogP contribution in [0, 0.1) is 0 Å². The van der Waals surface area contributed by atoms with E-state index in [-0.39, 0.29) is 22.4 Å². The molecule has 2 nitrogen and oxygen atoms in total. The molecule has 0 saturated carbocycles. The maximum Gasteiger partial charge on any atom is 0 e. The molecule has 0 aromatic carbocycles. The first kappa shape index (κ1) is 11.2. The van der Waals surface area contributed by atoms with Crippen molar-refractivity contribution in [2.45, 2.75) is 0 Å². The van der Waals surface area contributed by atoms with E-state index in [1.54, 1.807) is 0 Å². The van der Waals surface area contributed by atoms with Gasteiger partial charge in [0.25, 0.3) is 0 Å². The molecule has 0 spiro atoms. The summed E-state index contributed by atoms with van der Waals surface area (Å²) >= 11 is 3.03. The van der Waals surface area contributed by atoms with Gasteiger partial charge in [-0.1, -0.05) is 0 Å². The van der Waals surface area contributed by atoms with E-state index in [4.69, 9.17) is 0 Å². The number of rotatable bonds is 1. The molecule has 1 aliphatic heterocycles. The van der Waals surface area contributed by atoms with Gasteiger partial charge in [0.05, 0.1) is 0 Å². The van der Waals surface area contributed by atoms with Gasteiger partial charge in [-0.05, 0) is 0 Å². The minimum atomic E-state index is 0. The zero-order valence-corrected chi connectivity index (χ0v) is 10.0. The van der Waals surface area contributed by atoms with Crippen molar-refractivity contribution >= 4 is 16.0 Å². The Hall–Kier alpha value is 1.18. The third-order valence-electron chi connectivity index (χ3n) is 1.78. The molecule has 64 valence electrons. The van der Waals surface area contributed by atoms with Crippen molar-refractivity contribution in [3.63, 3.8) is 0 Å². The molecular formula is C6H13AuN2Se. The molecule has 0 aromatic heterocycles. The summed E-state index contributed by atoms with van der Waals surface area (Å²) in [5.41, 5.74) is 1.09. The zero-order chi connectivity index (χ0) is 6.69. The molecule has 1 aliphatic rings. The number of hydrogen-bond donors (Lipinski definition) is 0. The Morgan fingerprint density at radius 2 is 1.70 bits per heavy atom. The Labute approximate surface area is 86.6 Å². The van der Waals surface area contributed by atoms with E-state index < -0.39 is 0 Å². The minimum absolute atomic E-state index is 0. The number of piperazine rings is 1. The SMILES string of the molecule is CN1CCN(C[Se])CC1.[Au]. The van der Waals surface area contributed by atoms with E-state index in [2.05, 4.69) is 32.9 Å². The molecule has 0 unspecified atom stereocenters. The second kappa shape index (κ2) is 5.78. The van der Waals surface area contributed by atoms with Gasteiger partial charge in [-0.15, -0.1) is 0 Å². The van der Waals surface area contributed by atoms with E-state index in [0.29, 0.717) is 0 Å². The average molecular weight is 389 g/mol. The molecule has 2 radical (unpaired) electrons. The Kier molecular flexibility index (Phi) is 6.46. The van der Waals surface area contributed by atoms with Gasteiger partial charge in [-0.2, -0.15) is 0 Å². The fraction of sp³-hybridized carbons (Fsp3) is 1.00. The maximum absolute atomic E-state index is 3.03. The summed E-state index contributed by atoms with van der Waals surface area (Å²) in [6.45, 7) is 4.90. The van der Waals surface area contributed by atoms with E-state index >= 15 is 0 Å². The van der Waals surface area contributed by atoms with Crippen LogP contribution in [0.2, 0.25) is 0 Å². The van der Waals surface area contributed by atoms with Crippen LogP contribution in [0.3, 0.4) is 0 Å². The first-order chi connectivity index (χ1) is 4.33. The summed E-state index contributed by atoms with van der Waals surface area (Å²) in [5, 5.41) is 0. The summed E-state index contributed by atoms with van der Waals surface area (Å²) in [4.78, 5) is 4.80. The van der Waals surface area contributed by atoms with Crippen LogP contribution in [0.1, 0.15) is 0 Å². The molecule has 0 N–H and O–H groups in total. The van der Waals surface area contributed by atoms with Gasteiger partial charge >= 0.3 is 64.5 Å². The first-order valence-electron chi connectivity index (χ1n) is 3.32. The Balaban J connectivity index is 0.000000810. The molecule has 0 aliphatic carbocycles. The van der Waals surface area contributed by atoms with Gasteiger partial charge in [0.1, 0.15) is 0 Å². The van der Waals surface area contributed by atoms with Crippen LogP contribution in [0.15, 0.2) is 0 Å². The van der Waals surface area contributed by atoms with E-state index in [1.807, 2.05) is 0 Å². The summed E-state index contributed by atoms with van der Waals surface area (Å²) in [5.74, 6) is 0. The summed E-state index contributed by atoms with van der Waals surface area (Å²) < 4.78 is 0. The topological polar surface area (TPSA) is 6.48 Å². The summed E-state index contributed by atoms with van der Waals surface area (Å²) in [6.07, 6.45) is 0. The molecule has 0 aromatic rings. The third-order valence-corrected chi connectivity index (χ3v) is 2.54. The maximum atomic E-state index is 3.03. The first-order valence-corrected chi connectivity index (χ1v) is 4.53. The van der Waals surface area contributed by atoms with Crippen molar-refractivity contribution in [1.82, 2.24) is 9.80 Å². The molecule has 4 heteroatoms. The molecule has 1 heterocycles. The monoisotopic (exact) mass is 390 g/mol. The van der Waals surface area contributed by atoms with Gasteiger partial charge in [0, 0.05) is 22.4 Å². The minimum Gasteiger partial charge on any atom is 0 e. The quantitative estimate of drug-likeness (QED) is 0.551. The van der Waals surface area contributed by atoms with Crippen LogP contribution >= 0.6 is 0 Å². The standard InChI is InChI=1S/C6H13N2Se.Au/c1-7-2-4-8(6-9)5-3-7;/h2-6H2,1H3;. The predicted molar refractivity (Wildman–Crippen MR) is 39.7 cm³/mol. The van der Waals surface area contributed by atoms with Crippen LogP contribution in [0.5, 0.6) is 0 Å². The van der Waals surface area contributed by atoms with Gasteiger partial charge < -0.3 is 0 Å².